The third-order valence-corrected chi connectivity index (χ3v) is 8.14. The van der Waals surface area contributed by atoms with Crippen LogP contribution in [0.5, 0.6) is 5.75 Å². The first-order valence-electron chi connectivity index (χ1n) is 11.4. The Morgan fingerprint density at radius 1 is 1.19 bits per heavy atom. The van der Waals surface area contributed by atoms with Crippen molar-refractivity contribution < 1.29 is 40.6 Å². The number of alkyl halides is 3. The Balaban J connectivity index is 1.71. The van der Waals surface area contributed by atoms with Crippen molar-refractivity contribution in [3.63, 3.8) is 0 Å². The van der Waals surface area contributed by atoms with Crippen molar-refractivity contribution in [1.82, 2.24) is 0 Å². The van der Waals surface area contributed by atoms with Crippen molar-refractivity contribution in [1.29, 1.82) is 0 Å². The van der Waals surface area contributed by atoms with Gasteiger partial charge in [0.15, 0.2) is 5.60 Å². The SMILES string of the molecule is COCC1(COC)C/C(=C\C(=O)Nc2cccc3c2CCS(=O)(=O)N3C)c2ccc(C(F)(F)F)cc2O1. The molecule has 4 rings (SSSR count). The number of benzene rings is 2. The molecule has 2 aromatic carbocycles. The predicted molar refractivity (Wildman–Crippen MR) is 132 cm³/mol. The summed E-state index contributed by atoms with van der Waals surface area (Å²) < 4.78 is 82.4. The summed E-state index contributed by atoms with van der Waals surface area (Å²) in [5.41, 5.74) is 0.402. The van der Waals surface area contributed by atoms with Crippen molar-refractivity contribution in [2.24, 2.45) is 0 Å². The lowest BCUT2D eigenvalue weighted by molar-refractivity contribution is -0.138. The third-order valence-electron chi connectivity index (χ3n) is 6.39. The number of fused-ring (bicyclic) bond motifs is 2. The topological polar surface area (TPSA) is 94.2 Å². The van der Waals surface area contributed by atoms with Crippen LogP contribution in [0.25, 0.3) is 5.57 Å². The average Bonchev–Trinajstić information content (AvgIpc) is 2.81. The lowest BCUT2D eigenvalue weighted by atomic mass is 9.86. The molecule has 0 aromatic heterocycles. The number of rotatable bonds is 6. The molecule has 1 N–H and O–H groups in total. The molecule has 0 aliphatic carbocycles. The first kappa shape index (κ1) is 27.0. The van der Waals surface area contributed by atoms with E-state index in [4.69, 9.17) is 14.2 Å². The van der Waals surface area contributed by atoms with E-state index in [1.54, 1.807) is 18.2 Å². The maximum atomic E-state index is 13.4. The molecule has 0 atom stereocenters. The second-order valence-electron chi connectivity index (χ2n) is 9.03. The molecule has 0 saturated carbocycles. The molecule has 0 radical (unpaired) electrons. The first-order valence-corrected chi connectivity index (χ1v) is 13.0. The van der Waals surface area contributed by atoms with Crippen LogP contribution in [-0.4, -0.2) is 60.2 Å². The molecule has 2 aliphatic heterocycles. The van der Waals surface area contributed by atoms with Gasteiger partial charge in [-0.05, 0) is 36.3 Å². The Morgan fingerprint density at radius 2 is 1.89 bits per heavy atom. The molecule has 2 heterocycles. The Bertz CT molecular complexity index is 1330. The minimum absolute atomic E-state index is 0.0164. The van der Waals surface area contributed by atoms with E-state index >= 15 is 0 Å². The summed E-state index contributed by atoms with van der Waals surface area (Å²) in [5.74, 6) is -0.637. The zero-order chi connectivity index (χ0) is 27.0. The number of nitrogens with zero attached hydrogens (tertiary/aromatic N) is 1. The summed E-state index contributed by atoms with van der Waals surface area (Å²) in [5, 5.41) is 2.80. The van der Waals surface area contributed by atoms with Gasteiger partial charge in [0.05, 0.1) is 30.2 Å². The summed E-state index contributed by atoms with van der Waals surface area (Å²) in [7, 11) is 0.913. The minimum Gasteiger partial charge on any atom is -0.481 e. The smallest absolute Gasteiger partial charge is 0.416 e. The van der Waals surface area contributed by atoms with Crippen molar-refractivity contribution in [2.45, 2.75) is 24.6 Å². The average molecular weight is 541 g/mol. The molecule has 2 aliphatic rings. The number of anilines is 2. The molecule has 8 nitrogen and oxygen atoms in total. The lowest BCUT2D eigenvalue weighted by Crippen LogP contribution is -2.47. The number of methoxy groups -OCH3 is 2. The Morgan fingerprint density at radius 3 is 2.54 bits per heavy atom. The van der Waals surface area contributed by atoms with E-state index in [-0.39, 0.29) is 37.6 Å². The number of halogens is 3. The number of carbonyl (C=O) groups excluding carboxylic acids is 1. The van der Waals surface area contributed by atoms with Crippen molar-refractivity contribution in [3.05, 3.63) is 59.2 Å². The monoisotopic (exact) mass is 540 g/mol. The van der Waals surface area contributed by atoms with Gasteiger partial charge in [-0.25, -0.2) is 8.42 Å². The molecule has 0 spiro atoms. The third kappa shape index (κ3) is 5.46. The van der Waals surface area contributed by atoms with Gasteiger partial charge >= 0.3 is 6.18 Å². The normalized spacial score (nSPS) is 19.1. The van der Waals surface area contributed by atoms with Gasteiger partial charge in [0, 0.05) is 50.6 Å². The van der Waals surface area contributed by atoms with Crippen LogP contribution in [0.1, 0.15) is 23.1 Å². The summed E-state index contributed by atoms with van der Waals surface area (Å²) in [6.07, 6.45) is -2.88. The van der Waals surface area contributed by atoms with Crippen LogP contribution in [0.15, 0.2) is 42.5 Å². The zero-order valence-corrected chi connectivity index (χ0v) is 21.3. The van der Waals surface area contributed by atoms with Gasteiger partial charge in [0.1, 0.15) is 5.75 Å². The van der Waals surface area contributed by atoms with Crippen LogP contribution in [0.4, 0.5) is 24.5 Å². The van der Waals surface area contributed by atoms with E-state index in [1.807, 2.05) is 0 Å². The molecular formula is C25H27F3N2O6S. The van der Waals surface area contributed by atoms with Crippen molar-refractivity contribution in [2.75, 3.05) is 49.9 Å². The van der Waals surface area contributed by atoms with Gasteiger partial charge in [-0.2, -0.15) is 13.2 Å². The van der Waals surface area contributed by atoms with Crippen LogP contribution in [0.2, 0.25) is 0 Å². The highest BCUT2D eigenvalue weighted by molar-refractivity contribution is 7.92. The van der Waals surface area contributed by atoms with E-state index in [1.165, 1.54) is 37.7 Å². The number of amides is 1. The molecule has 200 valence electrons. The highest BCUT2D eigenvalue weighted by Crippen LogP contribution is 2.44. The molecule has 1 amide bonds. The molecule has 12 heteroatoms. The number of sulfonamides is 1. The van der Waals surface area contributed by atoms with E-state index in [9.17, 15) is 26.4 Å². The van der Waals surface area contributed by atoms with Crippen LogP contribution in [0.3, 0.4) is 0 Å². The Labute approximate surface area is 213 Å². The summed E-state index contributed by atoms with van der Waals surface area (Å²) >= 11 is 0. The van der Waals surface area contributed by atoms with E-state index < -0.39 is 33.3 Å². The number of hydrogen-bond donors (Lipinski definition) is 1. The second-order valence-corrected chi connectivity index (χ2v) is 11.2. The Kier molecular flexibility index (Phi) is 7.28. The fourth-order valence-electron chi connectivity index (χ4n) is 4.71. The van der Waals surface area contributed by atoms with Crippen LogP contribution in [-0.2, 0) is 36.9 Å². The summed E-state index contributed by atoms with van der Waals surface area (Å²) in [4.78, 5) is 13.1. The fraction of sp³-hybridized carbons (Fsp3) is 0.400. The molecule has 0 fully saturated rings. The van der Waals surface area contributed by atoms with Gasteiger partial charge in [0.25, 0.3) is 0 Å². The highest BCUT2D eigenvalue weighted by atomic mass is 32.2. The maximum Gasteiger partial charge on any atom is 0.416 e. The predicted octanol–water partition coefficient (Wildman–Crippen LogP) is 3.86. The van der Waals surface area contributed by atoms with Gasteiger partial charge in [-0.15, -0.1) is 0 Å². The molecule has 2 aromatic rings. The van der Waals surface area contributed by atoms with Crippen LogP contribution < -0.4 is 14.4 Å². The number of ether oxygens (including phenoxy) is 3. The van der Waals surface area contributed by atoms with Crippen LogP contribution in [0, 0.1) is 0 Å². The molecule has 0 bridgehead atoms. The maximum absolute atomic E-state index is 13.4. The lowest BCUT2D eigenvalue weighted by Gasteiger charge is -2.39. The zero-order valence-electron chi connectivity index (χ0n) is 20.5. The quantitative estimate of drug-likeness (QED) is 0.560. The van der Waals surface area contributed by atoms with E-state index in [2.05, 4.69) is 5.32 Å². The first-order chi connectivity index (χ1) is 17.4. The molecule has 37 heavy (non-hydrogen) atoms. The molecular weight excluding hydrogens is 513 g/mol. The van der Waals surface area contributed by atoms with Gasteiger partial charge in [-0.3, -0.25) is 9.10 Å². The Hall–Kier alpha value is -3.09. The summed E-state index contributed by atoms with van der Waals surface area (Å²) in [6, 6.07) is 8.11. The molecule has 0 unspecified atom stereocenters. The van der Waals surface area contributed by atoms with E-state index in [0.717, 1.165) is 12.1 Å². The largest absolute Gasteiger partial charge is 0.481 e. The number of hydrogen-bond acceptors (Lipinski definition) is 6. The standard InChI is InChI=1S/C25H27F3N2O6S/c1-30-21-6-4-5-20(19(21)9-10-37(30,32)33)29-23(31)11-16-13-24(14-34-2,15-35-3)36-22-12-17(25(26,27)28)7-8-18(16)22/h4-8,11-12H,9-10,13-15H2,1-3H3,(H,29,31)/b16-11+. The van der Waals surface area contributed by atoms with Gasteiger partial charge in [0.2, 0.25) is 15.9 Å². The van der Waals surface area contributed by atoms with Gasteiger partial charge < -0.3 is 19.5 Å². The van der Waals surface area contributed by atoms with Gasteiger partial charge in [-0.1, -0.05) is 12.1 Å². The van der Waals surface area contributed by atoms with Crippen LogP contribution >= 0.6 is 0 Å². The fourth-order valence-corrected chi connectivity index (χ4v) is 5.92. The summed E-state index contributed by atoms with van der Waals surface area (Å²) in [6.45, 7) is 0.0327. The highest BCUT2D eigenvalue weighted by Gasteiger charge is 2.41. The number of nitrogens with one attached hydrogen (secondary N) is 1. The van der Waals surface area contributed by atoms with Crippen molar-refractivity contribution in [3.8, 4) is 5.75 Å². The minimum atomic E-state index is -4.57. The van der Waals surface area contributed by atoms with Crippen molar-refractivity contribution >= 4 is 32.9 Å². The number of carbonyl (C=O) groups is 1. The van der Waals surface area contributed by atoms with E-state index in [0.29, 0.717) is 28.1 Å². The second kappa shape index (κ2) is 9.99. The molecule has 0 saturated heterocycles.